The molecule has 0 saturated heterocycles. The average molecular weight is 280 g/mol. The molecule has 3 nitrogen and oxygen atoms in total. The second-order valence-electron chi connectivity index (χ2n) is 4.01. The monoisotopic (exact) mass is 279 g/mol. The lowest BCUT2D eigenvalue weighted by Gasteiger charge is -2.08. The van der Waals surface area contributed by atoms with E-state index in [0.717, 1.165) is 18.2 Å². The molecular weight excluding hydrogens is 272 g/mol. The SMILES string of the molecule is Nc1nc2cccc(Cl)c2n1-c1cc(F)ccc1F. The van der Waals surface area contributed by atoms with E-state index >= 15 is 0 Å². The van der Waals surface area contributed by atoms with E-state index in [1.165, 1.54) is 4.57 Å². The van der Waals surface area contributed by atoms with Gasteiger partial charge in [-0.2, -0.15) is 0 Å². The van der Waals surface area contributed by atoms with Crippen molar-refractivity contribution in [1.29, 1.82) is 0 Å². The van der Waals surface area contributed by atoms with Crippen LogP contribution in [0.15, 0.2) is 36.4 Å². The van der Waals surface area contributed by atoms with Crippen molar-refractivity contribution in [2.45, 2.75) is 0 Å². The molecule has 1 heterocycles. The summed E-state index contributed by atoms with van der Waals surface area (Å²) in [4.78, 5) is 4.09. The fourth-order valence-corrected chi connectivity index (χ4v) is 2.26. The zero-order valence-electron chi connectivity index (χ0n) is 9.57. The summed E-state index contributed by atoms with van der Waals surface area (Å²) in [6.07, 6.45) is 0. The topological polar surface area (TPSA) is 43.8 Å². The van der Waals surface area contributed by atoms with Crippen LogP contribution in [0.25, 0.3) is 16.7 Å². The van der Waals surface area contributed by atoms with Gasteiger partial charge in [0.1, 0.15) is 11.6 Å². The van der Waals surface area contributed by atoms with Crippen molar-refractivity contribution >= 4 is 28.6 Å². The Morgan fingerprint density at radius 3 is 2.74 bits per heavy atom. The van der Waals surface area contributed by atoms with Crippen molar-refractivity contribution in [3.8, 4) is 5.69 Å². The lowest BCUT2D eigenvalue weighted by atomic mass is 10.2. The molecule has 0 spiro atoms. The predicted octanol–water partition coefficient (Wildman–Crippen LogP) is 3.54. The Labute approximate surface area is 112 Å². The molecule has 2 aromatic carbocycles. The zero-order chi connectivity index (χ0) is 13.6. The van der Waals surface area contributed by atoms with E-state index < -0.39 is 11.6 Å². The molecule has 0 amide bonds. The summed E-state index contributed by atoms with van der Waals surface area (Å²) in [6, 6.07) is 8.17. The molecule has 2 N–H and O–H groups in total. The number of nitrogens with two attached hydrogens (primary N) is 1. The molecule has 0 atom stereocenters. The number of hydrogen-bond donors (Lipinski definition) is 1. The number of rotatable bonds is 1. The summed E-state index contributed by atoms with van der Waals surface area (Å²) < 4.78 is 28.5. The normalized spacial score (nSPS) is 11.1. The number of para-hydroxylation sites is 1. The van der Waals surface area contributed by atoms with Gasteiger partial charge in [-0.05, 0) is 24.3 Å². The maximum absolute atomic E-state index is 13.9. The fourth-order valence-electron chi connectivity index (χ4n) is 2.00. The van der Waals surface area contributed by atoms with E-state index in [-0.39, 0.29) is 11.6 Å². The molecule has 96 valence electrons. The van der Waals surface area contributed by atoms with E-state index in [2.05, 4.69) is 4.98 Å². The number of halogens is 3. The van der Waals surface area contributed by atoms with E-state index in [4.69, 9.17) is 17.3 Å². The van der Waals surface area contributed by atoms with Crippen LogP contribution in [-0.2, 0) is 0 Å². The van der Waals surface area contributed by atoms with Crippen LogP contribution in [0.2, 0.25) is 5.02 Å². The third kappa shape index (κ3) is 1.82. The summed E-state index contributed by atoms with van der Waals surface area (Å²) in [7, 11) is 0. The van der Waals surface area contributed by atoms with Gasteiger partial charge in [-0.25, -0.2) is 13.8 Å². The molecule has 0 fully saturated rings. The Hall–Kier alpha value is -2.14. The van der Waals surface area contributed by atoms with Gasteiger partial charge in [0, 0.05) is 6.07 Å². The molecule has 0 bridgehead atoms. The molecule has 19 heavy (non-hydrogen) atoms. The Morgan fingerprint density at radius 2 is 1.95 bits per heavy atom. The molecule has 3 rings (SSSR count). The first-order valence-corrected chi connectivity index (χ1v) is 5.83. The molecule has 0 radical (unpaired) electrons. The summed E-state index contributed by atoms with van der Waals surface area (Å²) in [6.45, 7) is 0. The molecule has 1 aromatic heterocycles. The van der Waals surface area contributed by atoms with Crippen LogP contribution >= 0.6 is 11.6 Å². The Bertz CT molecular complexity index is 783. The Kier molecular flexibility index (Phi) is 2.64. The third-order valence-corrected chi connectivity index (χ3v) is 3.11. The minimum Gasteiger partial charge on any atom is -0.369 e. The van der Waals surface area contributed by atoms with Crippen LogP contribution in [-0.4, -0.2) is 9.55 Å². The number of fused-ring (bicyclic) bond motifs is 1. The van der Waals surface area contributed by atoms with Crippen molar-refractivity contribution in [2.24, 2.45) is 0 Å². The number of imidazole rings is 1. The van der Waals surface area contributed by atoms with Gasteiger partial charge in [-0.3, -0.25) is 4.57 Å². The first kappa shape index (κ1) is 11.9. The Morgan fingerprint density at radius 1 is 1.16 bits per heavy atom. The largest absolute Gasteiger partial charge is 0.369 e. The van der Waals surface area contributed by atoms with Crippen molar-refractivity contribution in [3.05, 3.63) is 53.1 Å². The number of benzene rings is 2. The minimum absolute atomic E-state index is 0.0203. The standard InChI is InChI=1S/C13H8ClF2N3/c14-8-2-1-3-10-12(8)19(13(17)18-10)11-6-7(15)4-5-9(11)16/h1-6H,(H2,17,18). The molecule has 0 aliphatic heterocycles. The molecular formula is C13H8ClF2N3. The molecule has 0 unspecified atom stereocenters. The third-order valence-electron chi connectivity index (χ3n) is 2.80. The van der Waals surface area contributed by atoms with Gasteiger partial charge in [0.15, 0.2) is 0 Å². The lowest BCUT2D eigenvalue weighted by molar-refractivity contribution is 0.594. The van der Waals surface area contributed by atoms with E-state index in [1.54, 1.807) is 18.2 Å². The van der Waals surface area contributed by atoms with Crippen LogP contribution in [0.3, 0.4) is 0 Å². The van der Waals surface area contributed by atoms with Gasteiger partial charge in [0.25, 0.3) is 0 Å². The number of nitrogen functional groups attached to an aromatic ring is 1. The quantitative estimate of drug-likeness (QED) is 0.740. The minimum atomic E-state index is -0.604. The summed E-state index contributed by atoms with van der Waals surface area (Å²) in [5, 5.41) is 0.366. The van der Waals surface area contributed by atoms with Gasteiger partial charge >= 0.3 is 0 Å². The predicted molar refractivity (Wildman–Crippen MR) is 70.4 cm³/mol. The van der Waals surface area contributed by atoms with Crippen LogP contribution in [0.5, 0.6) is 0 Å². The van der Waals surface area contributed by atoms with Crippen LogP contribution in [0.4, 0.5) is 14.7 Å². The molecule has 6 heteroatoms. The highest BCUT2D eigenvalue weighted by Gasteiger charge is 2.16. The fraction of sp³-hybridized carbons (Fsp3) is 0. The smallest absolute Gasteiger partial charge is 0.206 e. The highest BCUT2D eigenvalue weighted by atomic mass is 35.5. The maximum Gasteiger partial charge on any atom is 0.206 e. The van der Waals surface area contributed by atoms with E-state index in [0.29, 0.717) is 16.1 Å². The van der Waals surface area contributed by atoms with Gasteiger partial charge < -0.3 is 5.73 Å². The maximum atomic E-state index is 13.9. The highest BCUT2D eigenvalue weighted by molar-refractivity contribution is 6.35. The number of anilines is 1. The molecule has 0 saturated carbocycles. The van der Waals surface area contributed by atoms with E-state index in [9.17, 15) is 8.78 Å². The summed E-state index contributed by atoms with van der Waals surface area (Å²) in [5.74, 6) is -1.12. The zero-order valence-corrected chi connectivity index (χ0v) is 10.3. The second-order valence-corrected chi connectivity index (χ2v) is 4.42. The van der Waals surface area contributed by atoms with Crippen LogP contribution < -0.4 is 5.73 Å². The van der Waals surface area contributed by atoms with Crippen molar-refractivity contribution in [1.82, 2.24) is 9.55 Å². The second kappa shape index (κ2) is 4.20. The van der Waals surface area contributed by atoms with Gasteiger partial charge in [0.2, 0.25) is 5.95 Å². The number of hydrogen-bond acceptors (Lipinski definition) is 2. The Balaban J connectivity index is 2.42. The van der Waals surface area contributed by atoms with Gasteiger partial charge in [0.05, 0.1) is 21.7 Å². The summed E-state index contributed by atoms with van der Waals surface area (Å²) in [5.41, 5.74) is 6.73. The molecule has 0 aliphatic rings. The van der Waals surface area contributed by atoms with Crippen molar-refractivity contribution in [2.75, 3.05) is 5.73 Å². The lowest BCUT2D eigenvalue weighted by Crippen LogP contribution is -2.03. The van der Waals surface area contributed by atoms with Crippen molar-refractivity contribution in [3.63, 3.8) is 0 Å². The first-order chi connectivity index (χ1) is 9.08. The number of nitrogens with zero attached hydrogens (tertiary/aromatic N) is 2. The number of aromatic nitrogens is 2. The van der Waals surface area contributed by atoms with Gasteiger partial charge in [-0.15, -0.1) is 0 Å². The first-order valence-electron chi connectivity index (χ1n) is 5.46. The van der Waals surface area contributed by atoms with E-state index in [1.807, 2.05) is 0 Å². The van der Waals surface area contributed by atoms with Gasteiger partial charge in [-0.1, -0.05) is 17.7 Å². The summed E-state index contributed by atoms with van der Waals surface area (Å²) >= 11 is 6.08. The van der Waals surface area contributed by atoms with Crippen molar-refractivity contribution < 1.29 is 8.78 Å². The van der Waals surface area contributed by atoms with Crippen LogP contribution in [0, 0.1) is 11.6 Å². The molecule has 3 aromatic rings. The average Bonchev–Trinajstić information content (AvgIpc) is 2.70. The highest BCUT2D eigenvalue weighted by Crippen LogP contribution is 2.30. The molecule has 0 aliphatic carbocycles. The van der Waals surface area contributed by atoms with Crippen LogP contribution in [0.1, 0.15) is 0 Å².